The fourth-order valence-corrected chi connectivity index (χ4v) is 1.97. The first kappa shape index (κ1) is 18.4. The van der Waals surface area contributed by atoms with Crippen LogP contribution in [0.3, 0.4) is 0 Å². The number of nitrogens with zero attached hydrogens (tertiary/aromatic N) is 2. The molecule has 0 bridgehead atoms. The summed E-state index contributed by atoms with van der Waals surface area (Å²) in [6.07, 6.45) is 2.17. The fraction of sp³-hybridized carbons (Fsp3) is 0.385. The lowest BCUT2D eigenvalue weighted by molar-refractivity contribution is 0.0748. The molecule has 9 heteroatoms. The third-order valence-electron chi connectivity index (χ3n) is 2.50. The predicted molar refractivity (Wildman–Crippen MR) is 90.4 cm³/mol. The highest BCUT2D eigenvalue weighted by Gasteiger charge is 2.08. The SMILES string of the molecule is C=c1/c(=C\N=C(N)S(C)(=O)=O)cc(Br)c(=O)n1OCC(C)C. The van der Waals surface area contributed by atoms with Crippen LogP contribution < -0.4 is 26.7 Å². The van der Waals surface area contributed by atoms with Gasteiger partial charge < -0.3 is 10.6 Å². The van der Waals surface area contributed by atoms with Crippen LogP contribution in [0.25, 0.3) is 12.8 Å². The van der Waals surface area contributed by atoms with Crippen LogP contribution in [0.1, 0.15) is 13.8 Å². The third kappa shape index (κ3) is 4.70. The van der Waals surface area contributed by atoms with Gasteiger partial charge in [0.2, 0.25) is 15.0 Å². The number of halogens is 1. The third-order valence-corrected chi connectivity index (χ3v) is 3.93. The molecule has 0 spiro atoms. The van der Waals surface area contributed by atoms with Crippen molar-refractivity contribution < 1.29 is 13.3 Å². The summed E-state index contributed by atoms with van der Waals surface area (Å²) in [5, 5.41) is 0.129. The average Bonchev–Trinajstić information content (AvgIpc) is 2.39. The van der Waals surface area contributed by atoms with Gasteiger partial charge in [0.15, 0.2) is 0 Å². The van der Waals surface area contributed by atoms with Gasteiger partial charge in [-0.2, -0.15) is 0 Å². The molecule has 0 saturated heterocycles. The lowest BCUT2D eigenvalue weighted by atomic mass is 10.2. The Morgan fingerprint density at radius 3 is 2.68 bits per heavy atom. The van der Waals surface area contributed by atoms with E-state index in [1.807, 2.05) is 13.8 Å². The Balaban J connectivity index is 3.46. The minimum atomic E-state index is -3.57. The van der Waals surface area contributed by atoms with Crippen LogP contribution in [-0.4, -0.2) is 31.2 Å². The second-order valence-corrected chi connectivity index (χ2v) is 7.87. The fourth-order valence-electron chi connectivity index (χ4n) is 1.32. The van der Waals surface area contributed by atoms with Gasteiger partial charge in [-0.1, -0.05) is 20.4 Å². The Morgan fingerprint density at radius 1 is 1.59 bits per heavy atom. The van der Waals surface area contributed by atoms with E-state index in [0.29, 0.717) is 11.8 Å². The number of hydrogen-bond donors (Lipinski definition) is 1. The minimum absolute atomic E-state index is 0.219. The van der Waals surface area contributed by atoms with Crippen LogP contribution in [0.4, 0.5) is 0 Å². The number of sulfone groups is 1. The van der Waals surface area contributed by atoms with Crippen molar-refractivity contribution in [2.75, 3.05) is 12.9 Å². The van der Waals surface area contributed by atoms with Crippen molar-refractivity contribution in [1.29, 1.82) is 0 Å². The zero-order chi connectivity index (χ0) is 17.1. The molecule has 1 aromatic rings. The van der Waals surface area contributed by atoms with E-state index in [9.17, 15) is 13.2 Å². The number of aromatic nitrogens is 1. The van der Waals surface area contributed by atoms with Gasteiger partial charge in [-0.05, 0) is 27.9 Å². The van der Waals surface area contributed by atoms with E-state index < -0.39 is 20.6 Å². The van der Waals surface area contributed by atoms with Crippen LogP contribution >= 0.6 is 15.9 Å². The molecule has 0 aromatic carbocycles. The van der Waals surface area contributed by atoms with Crippen LogP contribution in [0.15, 0.2) is 20.3 Å². The molecule has 0 aliphatic carbocycles. The maximum Gasteiger partial charge on any atom is 0.297 e. The summed E-state index contributed by atoms with van der Waals surface area (Å²) in [7, 11) is -3.57. The van der Waals surface area contributed by atoms with Gasteiger partial charge in [0.1, 0.15) is 6.61 Å². The van der Waals surface area contributed by atoms with E-state index in [1.165, 1.54) is 12.3 Å². The van der Waals surface area contributed by atoms with E-state index in [0.717, 1.165) is 11.0 Å². The van der Waals surface area contributed by atoms with Crippen molar-refractivity contribution in [3.63, 3.8) is 0 Å². The Kier molecular flexibility index (Phi) is 5.95. The first-order valence-corrected chi connectivity index (χ1v) is 8.99. The molecular weight excluding hydrogens is 374 g/mol. The summed E-state index contributed by atoms with van der Waals surface area (Å²) in [5.74, 6) is 0.219. The first-order valence-electron chi connectivity index (χ1n) is 6.31. The van der Waals surface area contributed by atoms with E-state index in [-0.39, 0.29) is 15.7 Å². The molecule has 7 nitrogen and oxygen atoms in total. The summed E-state index contributed by atoms with van der Waals surface area (Å²) in [6, 6.07) is 1.47. The Hall–Kier alpha value is -1.61. The lowest BCUT2D eigenvalue weighted by Gasteiger charge is -2.11. The van der Waals surface area contributed by atoms with Gasteiger partial charge in [-0.25, -0.2) is 13.4 Å². The normalized spacial score (nSPS) is 13.7. The average molecular weight is 392 g/mol. The molecule has 22 heavy (non-hydrogen) atoms. The van der Waals surface area contributed by atoms with E-state index in [1.54, 1.807) is 0 Å². The minimum Gasteiger partial charge on any atom is -0.410 e. The second-order valence-electron chi connectivity index (χ2n) is 5.05. The molecule has 0 atom stereocenters. The van der Waals surface area contributed by atoms with Crippen molar-refractivity contribution in [2.24, 2.45) is 16.6 Å². The molecule has 0 saturated carbocycles. The van der Waals surface area contributed by atoms with E-state index in [2.05, 4.69) is 27.5 Å². The molecule has 0 aliphatic rings. The van der Waals surface area contributed by atoms with Gasteiger partial charge in [0.25, 0.3) is 5.56 Å². The van der Waals surface area contributed by atoms with Crippen molar-refractivity contribution in [2.45, 2.75) is 13.8 Å². The highest BCUT2D eigenvalue weighted by Crippen LogP contribution is 1.96. The molecule has 0 unspecified atom stereocenters. The molecule has 1 heterocycles. The van der Waals surface area contributed by atoms with Crippen molar-refractivity contribution in [1.82, 2.24) is 4.73 Å². The molecule has 1 rings (SSSR count). The monoisotopic (exact) mass is 391 g/mol. The number of aliphatic imine (C=N–C) groups is 1. The molecule has 122 valence electrons. The van der Waals surface area contributed by atoms with Crippen LogP contribution in [0.5, 0.6) is 0 Å². The van der Waals surface area contributed by atoms with Crippen LogP contribution in [-0.2, 0) is 9.84 Å². The summed E-state index contributed by atoms with van der Waals surface area (Å²) < 4.78 is 23.7. The van der Waals surface area contributed by atoms with Crippen LogP contribution in [0, 0.1) is 5.92 Å². The number of hydrogen-bond acceptors (Lipinski definition) is 5. The van der Waals surface area contributed by atoms with E-state index in [4.69, 9.17) is 10.6 Å². The molecule has 0 radical (unpaired) electrons. The Morgan fingerprint density at radius 2 is 2.18 bits per heavy atom. The smallest absolute Gasteiger partial charge is 0.297 e. The number of rotatable bonds is 4. The zero-order valence-corrected chi connectivity index (χ0v) is 14.9. The Labute approximate surface area is 136 Å². The van der Waals surface area contributed by atoms with Crippen molar-refractivity contribution >= 4 is 43.7 Å². The summed E-state index contributed by atoms with van der Waals surface area (Å²) in [6.45, 7) is 7.97. The highest BCUT2D eigenvalue weighted by molar-refractivity contribution is 9.10. The first-order chi connectivity index (χ1) is 10.0. The number of pyridine rings is 1. The van der Waals surface area contributed by atoms with Crippen molar-refractivity contribution in [3.8, 4) is 0 Å². The van der Waals surface area contributed by atoms with Gasteiger partial charge in [0.05, 0.1) is 9.82 Å². The summed E-state index contributed by atoms with van der Waals surface area (Å²) in [4.78, 5) is 21.1. The van der Waals surface area contributed by atoms with Crippen molar-refractivity contribution in [3.05, 3.63) is 31.5 Å². The Bertz CT molecular complexity index is 856. The largest absolute Gasteiger partial charge is 0.410 e. The standard InChI is InChI=1S/C13H18BrN3O4S/c1-8(2)7-21-17-9(3)10(5-11(14)12(17)18)6-16-13(15)22(4,19)20/h5-6,8H,3,7H2,1-2,4H3,(H2,15,16)/b10-6-. The van der Waals surface area contributed by atoms with Gasteiger partial charge >= 0.3 is 0 Å². The topological polar surface area (TPSA) is 104 Å². The maximum absolute atomic E-state index is 12.0. The number of amidine groups is 1. The quantitative estimate of drug-likeness (QED) is 0.534. The van der Waals surface area contributed by atoms with Gasteiger partial charge in [0, 0.05) is 17.7 Å². The molecule has 0 fully saturated rings. The molecule has 2 N–H and O–H groups in total. The summed E-state index contributed by atoms with van der Waals surface area (Å²) >= 11 is 3.13. The molecule has 1 aromatic heterocycles. The summed E-state index contributed by atoms with van der Waals surface area (Å²) in [5.41, 5.74) is 4.95. The predicted octanol–water partition coefficient (Wildman–Crippen LogP) is -0.797. The second kappa shape index (κ2) is 7.10. The zero-order valence-electron chi connectivity index (χ0n) is 12.5. The van der Waals surface area contributed by atoms with Gasteiger partial charge in [-0.3, -0.25) is 4.79 Å². The number of nitrogens with two attached hydrogens (primary N) is 1. The molecule has 0 aliphatic heterocycles. The highest BCUT2D eigenvalue weighted by atomic mass is 79.9. The van der Waals surface area contributed by atoms with Gasteiger partial charge in [-0.15, -0.1) is 4.73 Å². The lowest BCUT2D eigenvalue weighted by Crippen LogP contribution is -2.46. The van der Waals surface area contributed by atoms with E-state index >= 15 is 0 Å². The molecular formula is C13H18BrN3O4S. The maximum atomic E-state index is 12.0. The van der Waals surface area contributed by atoms with Crippen LogP contribution in [0.2, 0.25) is 0 Å². The molecule has 0 amide bonds.